The number of benzene rings is 1. The van der Waals surface area contributed by atoms with Crippen LogP contribution in [0.1, 0.15) is 40.0 Å². The SMILES string of the molecule is Cc1c(C(=O)CN2CCC(O)CC2)c2ncc(CC(C(N)=O)N(C)C)cc2n1-c1ccc(C#N)cc1. The van der Waals surface area contributed by atoms with E-state index in [4.69, 9.17) is 10.7 Å². The Labute approximate surface area is 210 Å². The number of nitrogens with zero attached hydrogens (tertiary/aromatic N) is 5. The van der Waals surface area contributed by atoms with Crippen molar-refractivity contribution in [3.05, 3.63) is 58.9 Å². The van der Waals surface area contributed by atoms with Crippen LogP contribution in [0, 0.1) is 18.3 Å². The average Bonchev–Trinajstić information content (AvgIpc) is 3.14. The Morgan fingerprint density at radius 3 is 2.50 bits per heavy atom. The fourth-order valence-electron chi connectivity index (χ4n) is 4.91. The number of rotatable bonds is 8. The number of aliphatic hydroxyl groups is 1. The second kappa shape index (κ2) is 10.6. The predicted octanol–water partition coefficient (Wildman–Crippen LogP) is 1.80. The average molecular weight is 489 g/mol. The van der Waals surface area contributed by atoms with Gasteiger partial charge in [0.1, 0.15) is 0 Å². The van der Waals surface area contributed by atoms with Gasteiger partial charge in [-0.25, -0.2) is 0 Å². The molecule has 1 aromatic carbocycles. The number of hydrogen-bond acceptors (Lipinski definition) is 7. The number of pyridine rings is 1. The van der Waals surface area contributed by atoms with Crippen molar-refractivity contribution in [1.29, 1.82) is 5.26 Å². The molecule has 36 heavy (non-hydrogen) atoms. The molecular weight excluding hydrogens is 456 g/mol. The normalized spacial score (nSPS) is 15.8. The summed E-state index contributed by atoms with van der Waals surface area (Å²) in [4.78, 5) is 34.1. The number of fused-ring (bicyclic) bond motifs is 1. The van der Waals surface area contributed by atoms with Crippen LogP contribution >= 0.6 is 0 Å². The van der Waals surface area contributed by atoms with Crippen molar-refractivity contribution in [2.75, 3.05) is 33.7 Å². The Balaban J connectivity index is 1.79. The number of nitriles is 1. The molecule has 3 aromatic rings. The number of hydrogen-bond donors (Lipinski definition) is 2. The van der Waals surface area contributed by atoms with E-state index in [1.165, 1.54) is 0 Å². The molecule has 0 bridgehead atoms. The topological polar surface area (TPSA) is 128 Å². The van der Waals surface area contributed by atoms with Crippen LogP contribution in [0.25, 0.3) is 16.7 Å². The van der Waals surface area contributed by atoms with Gasteiger partial charge < -0.3 is 15.4 Å². The quantitative estimate of drug-likeness (QED) is 0.463. The van der Waals surface area contributed by atoms with Crippen LogP contribution < -0.4 is 5.73 Å². The van der Waals surface area contributed by atoms with Crippen molar-refractivity contribution in [3.63, 3.8) is 0 Å². The van der Waals surface area contributed by atoms with E-state index in [1.807, 2.05) is 29.7 Å². The first-order valence-electron chi connectivity index (χ1n) is 12.1. The van der Waals surface area contributed by atoms with Crippen molar-refractivity contribution < 1.29 is 14.7 Å². The van der Waals surface area contributed by atoms with Gasteiger partial charge in [-0.05, 0) is 76.2 Å². The fourth-order valence-corrected chi connectivity index (χ4v) is 4.91. The summed E-state index contributed by atoms with van der Waals surface area (Å²) in [7, 11) is 3.61. The van der Waals surface area contributed by atoms with E-state index in [0.29, 0.717) is 49.0 Å². The number of carbonyl (C=O) groups excluding carboxylic acids is 2. The summed E-state index contributed by atoms with van der Waals surface area (Å²) in [6.07, 6.45) is 3.12. The zero-order valence-electron chi connectivity index (χ0n) is 20.9. The molecule has 2 aromatic heterocycles. The van der Waals surface area contributed by atoms with Crippen LogP contribution in [-0.2, 0) is 11.2 Å². The molecule has 0 spiro atoms. The van der Waals surface area contributed by atoms with E-state index >= 15 is 0 Å². The van der Waals surface area contributed by atoms with Crippen molar-refractivity contribution in [3.8, 4) is 11.8 Å². The molecule has 1 saturated heterocycles. The minimum atomic E-state index is -0.487. The Hall–Kier alpha value is -3.58. The molecule has 0 radical (unpaired) electrons. The Morgan fingerprint density at radius 1 is 1.25 bits per heavy atom. The molecular formula is C27H32N6O3. The van der Waals surface area contributed by atoms with Crippen molar-refractivity contribution >= 4 is 22.7 Å². The molecule has 3 heterocycles. The first-order chi connectivity index (χ1) is 17.2. The third-order valence-electron chi connectivity index (χ3n) is 6.94. The number of Topliss-reactive ketones (excluding diaryl/α,β-unsaturated/α-hetero) is 1. The van der Waals surface area contributed by atoms with Gasteiger partial charge >= 0.3 is 0 Å². The van der Waals surface area contributed by atoms with Gasteiger partial charge in [-0.3, -0.25) is 24.4 Å². The van der Waals surface area contributed by atoms with Crippen LogP contribution in [0.3, 0.4) is 0 Å². The largest absolute Gasteiger partial charge is 0.393 e. The third-order valence-corrected chi connectivity index (χ3v) is 6.94. The highest BCUT2D eigenvalue weighted by atomic mass is 16.3. The number of carbonyl (C=O) groups is 2. The molecule has 0 aliphatic carbocycles. The van der Waals surface area contributed by atoms with E-state index in [0.717, 1.165) is 22.5 Å². The number of ketones is 1. The molecule has 1 atom stereocenters. The molecule has 1 fully saturated rings. The van der Waals surface area contributed by atoms with Gasteiger partial charge in [0.2, 0.25) is 5.91 Å². The smallest absolute Gasteiger partial charge is 0.235 e. The van der Waals surface area contributed by atoms with Crippen LogP contribution in [0.5, 0.6) is 0 Å². The maximum absolute atomic E-state index is 13.5. The highest BCUT2D eigenvalue weighted by Crippen LogP contribution is 2.30. The van der Waals surface area contributed by atoms with Crippen LogP contribution in [-0.4, -0.2) is 82.0 Å². The second-order valence-corrected chi connectivity index (χ2v) is 9.68. The minimum Gasteiger partial charge on any atom is -0.393 e. The van der Waals surface area contributed by atoms with Crippen LogP contribution in [0.4, 0.5) is 0 Å². The number of amides is 1. The molecule has 1 aliphatic heterocycles. The number of aromatic nitrogens is 2. The zero-order chi connectivity index (χ0) is 26.0. The van der Waals surface area contributed by atoms with E-state index in [1.54, 1.807) is 37.3 Å². The Bertz CT molecular complexity index is 1310. The van der Waals surface area contributed by atoms with Gasteiger partial charge in [0.05, 0.1) is 46.9 Å². The summed E-state index contributed by atoms with van der Waals surface area (Å²) in [6, 6.07) is 10.8. The number of piperidine rings is 1. The summed E-state index contributed by atoms with van der Waals surface area (Å²) in [5.74, 6) is -0.439. The number of likely N-dealkylation sites (tertiary alicyclic amines) is 1. The van der Waals surface area contributed by atoms with Gasteiger partial charge in [0.25, 0.3) is 0 Å². The summed E-state index contributed by atoms with van der Waals surface area (Å²) in [5, 5.41) is 19.0. The maximum Gasteiger partial charge on any atom is 0.235 e. The maximum atomic E-state index is 13.5. The molecule has 1 unspecified atom stereocenters. The van der Waals surface area contributed by atoms with Crippen LogP contribution in [0.2, 0.25) is 0 Å². The third kappa shape index (κ3) is 5.16. The summed E-state index contributed by atoms with van der Waals surface area (Å²) in [6.45, 7) is 3.51. The van der Waals surface area contributed by atoms with Gasteiger partial charge in [0.15, 0.2) is 5.78 Å². The highest BCUT2D eigenvalue weighted by Gasteiger charge is 2.26. The summed E-state index contributed by atoms with van der Waals surface area (Å²) >= 11 is 0. The summed E-state index contributed by atoms with van der Waals surface area (Å²) in [5.41, 5.74) is 10.5. The van der Waals surface area contributed by atoms with Gasteiger partial charge in [-0.1, -0.05) is 0 Å². The Morgan fingerprint density at radius 2 is 1.92 bits per heavy atom. The van der Waals surface area contributed by atoms with Gasteiger partial charge in [0, 0.05) is 30.7 Å². The van der Waals surface area contributed by atoms with Gasteiger partial charge in [-0.15, -0.1) is 0 Å². The first kappa shape index (κ1) is 25.5. The number of nitrogens with two attached hydrogens (primary N) is 1. The second-order valence-electron chi connectivity index (χ2n) is 9.68. The van der Waals surface area contributed by atoms with E-state index in [-0.39, 0.29) is 18.4 Å². The monoisotopic (exact) mass is 488 g/mol. The molecule has 188 valence electrons. The lowest BCUT2D eigenvalue weighted by Gasteiger charge is -2.28. The number of primary amides is 1. The molecule has 1 amide bonds. The molecule has 4 rings (SSSR count). The van der Waals surface area contributed by atoms with E-state index in [2.05, 4.69) is 11.0 Å². The fraction of sp³-hybridized carbons (Fsp3) is 0.407. The number of aliphatic hydroxyl groups excluding tert-OH is 1. The highest BCUT2D eigenvalue weighted by molar-refractivity contribution is 6.09. The molecule has 1 aliphatic rings. The first-order valence-corrected chi connectivity index (χ1v) is 12.1. The molecule has 9 heteroatoms. The minimum absolute atomic E-state index is 0.0233. The standard InChI is InChI=1S/C27H32N6O3/c1-17-25(24(35)16-32-10-8-21(34)9-11-32)26-22(33(17)20-6-4-18(14-28)5-7-20)12-19(15-30-26)13-23(27(29)36)31(2)3/h4-7,12,15,21,23,34H,8-11,13,16H2,1-3H3,(H2,29,36). The summed E-state index contributed by atoms with van der Waals surface area (Å²) < 4.78 is 1.98. The molecule has 0 saturated carbocycles. The van der Waals surface area contributed by atoms with Gasteiger partial charge in [-0.2, -0.15) is 5.26 Å². The number of likely N-dealkylation sites (N-methyl/N-ethyl adjacent to an activating group) is 1. The molecule has 9 nitrogen and oxygen atoms in total. The predicted molar refractivity (Wildman–Crippen MR) is 137 cm³/mol. The zero-order valence-corrected chi connectivity index (χ0v) is 20.9. The van der Waals surface area contributed by atoms with Crippen LogP contribution in [0.15, 0.2) is 36.5 Å². The van der Waals surface area contributed by atoms with E-state index < -0.39 is 11.9 Å². The molecule has 3 N–H and O–H groups in total. The van der Waals surface area contributed by atoms with Crippen molar-refractivity contribution in [2.45, 2.75) is 38.3 Å². The lowest BCUT2D eigenvalue weighted by molar-refractivity contribution is -0.122. The lowest BCUT2D eigenvalue weighted by atomic mass is 10.0. The Kier molecular flexibility index (Phi) is 7.50. The van der Waals surface area contributed by atoms with Crippen molar-refractivity contribution in [1.82, 2.24) is 19.4 Å². The van der Waals surface area contributed by atoms with Crippen molar-refractivity contribution in [2.24, 2.45) is 5.73 Å². The van der Waals surface area contributed by atoms with E-state index in [9.17, 15) is 20.0 Å². The lowest BCUT2D eigenvalue weighted by Crippen LogP contribution is -2.42.